The maximum Gasteiger partial charge on any atom is 0.337 e. The van der Waals surface area contributed by atoms with E-state index in [1.165, 1.54) is 18.4 Å². The van der Waals surface area contributed by atoms with Crippen molar-refractivity contribution in [1.29, 1.82) is 0 Å². The van der Waals surface area contributed by atoms with Gasteiger partial charge in [0.2, 0.25) is 0 Å². The average Bonchev–Trinajstić information content (AvgIpc) is 3.01. The number of thiocarbonyl (C=S) groups is 1. The third kappa shape index (κ3) is 4.75. The fourth-order valence-corrected chi connectivity index (χ4v) is 3.83. The van der Waals surface area contributed by atoms with Crippen LogP contribution in [0.3, 0.4) is 0 Å². The summed E-state index contributed by atoms with van der Waals surface area (Å²) in [6.07, 6.45) is 2.05. The van der Waals surface area contributed by atoms with Crippen molar-refractivity contribution in [2.24, 2.45) is 0 Å². The first-order chi connectivity index (χ1) is 13.5. The molecule has 3 rings (SSSR count). The summed E-state index contributed by atoms with van der Waals surface area (Å²) in [5.41, 5.74) is 3.74. The highest BCUT2D eigenvalue weighted by molar-refractivity contribution is 7.80. The molecule has 7 heteroatoms. The van der Waals surface area contributed by atoms with Crippen LogP contribution < -0.4 is 15.5 Å². The molecule has 2 N–H and O–H groups in total. The topological polar surface area (TPSA) is 53.6 Å². The average molecular weight is 418 g/mol. The predicted octanol–water partition coefficient (Wildman–Crippen LogP) is 4.25. The first-order valence-electron chi connectivity index (χ1n) is 9.27. The van der Waals surface area contributed by atoms with Crippen LogP contribution in [-0.4, -0.2) is 37.3 Å². The fraction of sp³-hybridized carbons (Fsp3) is 0.333. The lowest BCUT2D eigenvalue weighted by Gasteiger charge is -2.25. The Balaban J connectivity index is 1.49. The normalized spacial score (nSPS) is 15.1. The summed E-state index contributed by atoms with van der Waals surface area (Å²) in [6, 6.07) is 14.0. The zero-order valence-corrected chi connectivity index (χ0v) is 17.6. The maximum atomic E-state index is 11.7. The Hall–Kier alpha value is -2.31. The van der Waals surface area contributed by atoms with Gasteiger partial charge in [0, 0.05) is 24.8 Å². The molecule has 148 valence electrons. The van der Waals surface area contributed by atoms with Crippen molar-refractivity contribution in [3.8, 4) is 0 Å². The largest absolute Gasteiger partial charge is 0.465 e. The predicted molar refractivity (Wildman–Crippen MR) is 119 cm³/mol. The zero-order chi connectivity index (χ0) is 20.1. The number of halogens is 1. The molecule has 28 heavy (non-hydrogen) atoms. The van der Waals surface area contributed by atoms with Crippen LogP contribution in [0.4, 0.5) is 11.4 Å². The highest BCUT2D eigenvalue weighted by Crippen LogP contribution is 2.31. The Morgan fingerprint density at radius 1 is 1.32 bits per heavy atom. The molecule has 0 amide bonds. The van der Waals surface area contributed by atoms with Crippen molar-refractivity contribution in [2.75, 3.05) is 30.4 Å². The second-order valence-electron chi connectivity index (χ2n) is 6.80. The van der Waals surface area contributed by atoms with Crippen LogP contribution >= 0.6 is 23.8 Å². The molecule has 0 fully saturated rings. The molecular formula is C21H24ClN3O2S. The smallest absolute Gasteiger partial charge is 0.337 e. The van der Waals surface area contributed by atoms with Gasteiger partial charge >= 0.3 is 5.97 Å². The maximum absolute atomic E-state index is 11.7. The lowest BCUT2D eigenvalue weighted by molar-refractivity contribution is 0.0601. The quantitative estimate of drug-likeness (QED) is 0.416. The van der Waals surface area contributed by atoms with Crippen LogP contribution in [0.15, 0.2) is 42.5 Å². The molecule has 1 heterocycles. The van der Waals surface area contributed by atoms with Gasteiger partial charge in [0.05, 0.1) is 23.4 Å². The number of nitrogens with zero attached hydrogens (tertiary/aromatic N) is 1. The number of ether oxygens (including phenoxy) is 1. The minimum Gasteiger partial charge on any atom is -0.465 e. The van der Waals surface area contributed by atoms with Crippen molar-refractivity contribution in [3.05, 3.63) is 58.6 Å². The molecule has 1 aliphatic rings. The standard InChI is InChI=1S/C21H24ClN3O2S/c1-14-12-15-6-3-4-7-19(15)25(14)11-5-10-23-21(28)24-18-13-16(20(26)27-2)8-9-17(18)22/h3-4,6-9,13-14H,5,10-12H2,1-2H3,(H2,23,24,28). The summed E-state index contributed by atoms with van der Waals surface area (Å²) in [4.78, 5) is 14.1. The molecule has 0 spiro atoms. The summed E-state index contributed by atoms with van der Waals surface area (Å²) in [5.74, 6) is -0.418. The Bertz CT molecular complexity index is 874. The van der Waals surface area contributed by atoms with Gasteiger partial charge in [0.1, 0.15) is 0 Å². The van der Waals surface area contributed by atoms with Gasteiger partial charge in [-0.2, -0.15) is 0 Å². The van der Waals surface area contributed by atoms with Crippen LogP contribution in [0.1, 0.15) is 29.3 Å². The Morgan fingerprint density at radius 2 is 2.11 bits per heavy atom. The van der Waals surface area contributed by atoms with Gasteiger partial charge in [0.15, 0.2) is 5.11 Å². The summed E-state index contributed by atoms with van der Waals surface area (Å²) in [7, 11) is 1.34. The number of methoxy groups -OCH3 is 1. The molecule has 0 saturated heterocycles. The molecule has 2 aromatic rings. The third-order valence-electron chi connectivity index (χ3n) is 4.85. The lowest BCUT2D eigenvalue weighted by Crippen LogP contribution is -2.34. The summed E-state index contributed by atoms with van der Waals surface area (Å²) < 4.78 is 4.74. The van der Waals surface area contributed by atoms with Crippen LogP contribution in [-0.2, 0) is 11.2 Å². The van der Waals surface area contributed by atoms with Gasteiger partial charge in [-0.3, -0.25) is 0 Å². The van der Waals surface area contributed by atoms with Gasteiger partial charge < -0.3 is 20.3 Å². The van der Waals surface area contributed by atoms with E-state index >= 15 is 0 Å². The lowest BCUT2D eigenvalue weighted by atomic mass is 10.1. The molecule has 0 bridgehead atoms. The fourth-order valence-electron chi connectivity index (χ4n) is 3.45. The van der Waals surface area contributed by atoms with Crippen molar-refractivity contribution < 1.29 is 9.53 Å². The number of anilines is 2. The summed E-state index contributed by atoms with van der Waals surface area (Å²) in [6.45, 7) is 3.97. The van der Waals surface area contributed by atoms with Crippen LogP contribution in [0.2, 0.25) is 5.02 Å². The molecule has 1 aliphatic heterocycles. The number of hydrogen-bond acceptors (Lipinski definition) is 4. The van der Waals surface area contributed by atoms with Gasteiger partial charge in [-0.05, 0) is 61.8 Å². The molecule has 0 saturated carbocycles. The monoisotopic (exact) mass is 417 g/mol. The third-order valence-corrected chi connectivity index (χ3v) is 5.42. The van der Waals surface area contributed by atoms with E-state index < -0.39 is 5.97 Å². The van der Waals surface area contributed by atoms with E-state index in [0.717, 1.165) is 25.9 Å². The Kier molecular flexibility index (Phi) is 6.75. The SMILES string of the molecule is COC(=O)c1ccc(Cl)c(NC(=S)NCCCN2c3ccccc3CC2C)c1. The minimum atomic E-state index is -0.418. The number of carbonyl (C=O) groups excluding carboxylic acids is 1. The Labute approximate surface area is 176 Å². The number of carbonyl (C=O) groups is 1. The molecule has 0 radical (unpaired) electrons. The van der Waals surface area contributed by atoms with E-state index in [9.17, 15) is 4.79 Å². The van der Waals surface area contributed by atoms with Gasteiger partial charge in [-0.15, -0.1) is 0 Å². The van der Waals surface area contributed by atoms with Gasteiger partial charge in [0.25, 0.3) is 0 Å². The van der Waals surface area contributed by atoms with E-state index in [2.05, 4.69) is 46.7 Å². The molecule has 2 aromatic carbocycles. The summed E-state index contributed by atoms with van der Waals surface area (Å²) >= 11 is 11.5. The highest BCUT2D eigenvalue weighted by atomic mass is 35.5. The molecule has 1 unspecified atom stereocenters. The number of rotatable bonds is 6. The minimum absolute atomic E-state index is 0.416. The number of hydrogen-bond donors (Lipinski definition) is 2. The second kappa shape index (κ2) is 9.26. The first kappa shape index (κ1) is 20.4. The van der Waals surface area contributed by atoms with Crippen molar-refractivity contribution in [1.82, 2.24) is 5.32 Å². The van der Waals surface area contributed by atoms with Gasteiger partial charge in [-0.25, -0.2) is 4.79 Å². The van der Waals surface area contributed by atoms with E-state index in [4.69, 9.17) is 28.6 Å². The molecule has 0 aromatic heterocycles. The zero-order valence-electron chi connectivity index (χ0n) is 16.0. The van der Waals surface area contributed by atoms with Crippen molar-refractivity contribution in [3.63, 3.8) is 0 Å². The Morgan fingerprint density at radius 3 is 2.89 bits per heavy atom. The highest BCUT2D eigenvalue weighted by Gasteiger charge is 2.24. The van der Waals surface area contributed by atoms with Crippen molar-refractivity contribution in [2.45, 2.75) is 25.8 Å². The number of para-hydroxylation sites is 1. The second-order valence-corrected chi connectivity index (χ2v) is 7.61. The molecule has 1 atom stereocenters. The van der Waals surface area contributed by atoms with Crippen LogP contribution in [0, 0.1) is 0 Å². The number of nitrogens with one attached hydrogen (secondary N) is 2. The van der Waals surface area contributed by atoms with Crippen LogP contribution in [0.25, 0.3) is 0 Å². The van der Waals surface area contributed by atoms with E-state index in [-0.39, 0.29) is 0 Å². The van der Waals surface area contributed by atoms with Crippen LogP contribution in [0.5, 0.6) is 0 Å². The van der Waals surface area contributed by atoms with E-state index in [0.29, 0.717) is 27.4 Å². The van der Waals surface area contributed by atoms with E-state index in [1.807, 2.05) is 0 Å². The first-order valence-corrected chi connectivity index (χ1v) is 10.1. The molecule has 5 nitrogen and oxygen atoms in total. The van der Waals surface area contributed by atoms with Gasteiger partial charge in [-0.1, -0.05) is 29.8 Å². The van der Waals surface area contributed by atoms with E-state index in [1.54, 1.807) is 18.2 Å². The number of benzene rings is 2. The molecule has 0 aliphatic carbocycles. The number of fused-ring (bicyclic) bond motifs is 1. The number of esters is 1. The summed E-state index contributed by atoms with van der Waals surface area (Å²) in [5, 5.41) is 7.21. The van der Waals surface area contributed by atoms with Crippen molar-refractivity contribution >= 4 is 46.3 Å². The molecular weight excluding hydrogens is 394 g/mol.